The summed E-state index contributed by atoms with van der Waals surface area (Å²) in [5.74, 6) is 0.817. The van der Waals surface area contributed by atoms with Crippen LogP contribution in [0.3, 0.4) is 0 Å². The van der Waals surface area contributed by atoms with Gasteiger partial charge in [0, 0.05) is 18.3 Å². The van der Waals surface area contributed by atoms with E-state index in [9.17, 15) is 4.79 Å². The maximum absolute atomic E-state index is 12.7. The molecule has 3 heterocycles. The van der Waals surface area contributed by atoms with Gasteiger partial charge < -0.3 is 9.42 Å². The number of hydrogen-bond donors (Lipinski definition) is 0. The maximum Gasteiger partial charge on any atom is 0.227 e. The Morgan fingerprint density at radius 3 is 2.86 bits per heavy atom. The van der Waals surface area contributed by atoms with Crippen molar-refractivity contribution in [2.45, 2.75) is 46.1 Å². The van der Waals surface area contributed by atoms with Crippen molar-refractivity contribution >= 4 is 5.91 Å². The first-order valence-corrected chi connectivity index (χ1v) is 7.56. The summed E-state index contributed by atoms with van der Waals surface area (Å²) in [6.45, 7) is 6.40. The van der Waals surface area contributed by atoms with E-state index in [0.717, 1.165) is 47.8 Å². The lowest BCUT2D eigenvalue weighted by Gasteiger charge is -2.24. The van der Waals surface area contributed by atoms with Gasteiger partial charge in [-0.25, -0.2) is 0 Å². The monoisotopic (exact) mass is 300 g/mol. The van der Waals surface area contributed by atoms with Crippen LogP contribution in [0.2, 0.25) is 0 Å². The molecule has 1 saturated heterocycles. The largest absolute Gasteiger partial charge is 0.361 e. The predicted molar refractivity (Wildman–Crippen MR) is 80.1 cm³/mol. The van der Waals surface area contributed by atoms with Crippen LogP contribution in [0.25, 0.3) is 0 Å². The molecule has 6 nitrogen and oxygen atoms in total. The van der Waals surface area contributed by atoms with Gasteiger partial charge >= 0.3 is 0 Å². The highest BCUT2D eigenvalue weighted by molar-refractivity contribution is 5.80. The van der Waals surface area contributed by atoms with Gasteiger partial charge in [-0.05, 0) is 33.6 Å². The third-order valence-corrected chi connectivity index (χ3v) is 4.20. The molecule has 1 aliphatic heterocycles. The molecule has 0 spiro atoms. The fourth-order valence-electron chi connectivity index (χ4n) is 3.02. The minimum atomic E-state index is 0.0281. The first-order valence-electron chi connectivity index (χ1n) is 7.56. The summed E-state index contributed by atoms with van der Waals surface area (Å²) in [4.78, 5) is 23.3. The summed E-state index contributed by atoms with van der Waals surface area (Å²) >= 11 is 0. The van der Waals surface area contributed by atoms with Crippen molar-refractivity contribution in [3.8, 4) is 0 Å². The third kappa shape index (κ3) is 2.73. The van der Waals surface area contributed by atoms with Gasteiger partial charge in [0.1, 0.15) is 5.76 Å². The average Bonchev–Trinajstić information content (AvgIpc) is 3.09. The predicted octanol–water partition coefficient (Wildman–Crippen LogP) is 2.30. The Morgan fingerprint density at radius 1 is 1.36 bits per heavy atom. The van der Waals surface area contributed by atoms with Crippen molar-refractivity contribution in [2.75, 3.05) is 6.54 Å². The summed E-state index contributed by atoms with van der Waals surface area (Å²) in [7, 11) is 0. The molecule has 1 fully saturated rings. The van der Waals surface area contributed by atoms with E-state index in [1.54, 1.807) is 12.4 Å². The topological polar surface area (TPSA) is 72.1 Å². The Labute approximate surface area is 129 Å². The maximum atomic E-state index is 12.7. The van der Waals surface area contributed by atoms with E-state index in [1.807, 2.05) is 25.7 Å². The summed E-state index contributed by atoms with van der Waals surface area (Å²) in [6, 6.07) is 0.0281. The molecular formula is C16H20N4O2. The van der Waals surface area contributed by atoms with E-state index >= 15 is 0 Å². The molecule has 0 radical (unpaired) electrons. The Bertz CT molecular complexity index is 676. The van der Waals surface area contributed by atoms with Gasteiger partial charge in [-0.3, -0.25) is 14.8 Å². The molecule has 0 unspecified atom stereocenters. The zero-order valence-corrected chi connectivity index (χ0v) is 13.2. The first kappa shape index (κ1) is 14.7. The Morgan fingerprint density at radius 2 is 2.18 bits per heavy atom. The second-order valence-corrected chi connectivity index (χ2v) is 5.81. The number of carbonyl (C=O) groups is 1. The summed E-state index contributed by atoms with van der Waals surface area (Å²) < 4.78 is 5.14. The number of nitrogens with zero attached hydrogens (tertiary/aromatic N) is 4. The molecule has 0 N–H and O–H groups in total. The van der Waals surface area contributed by atoms with Crippen molar-refractivity contribution in [3.05, 3.63) is 40.8 Å². The van der Waals surface area contributed by atoms with Crippen LogP contribution in [0.1, 0.15) is 47.3 Å². The Hall–Kier alpha value is -2.24. The van der Waals surface area contributed by atoms with Crippen molar-refractivity contribution in [1.29, 1.82) is 0 Å². The quantitative estimate of drug-likeness (QED) is 0.869. The average molecular weight is 300 g/mol. The molecule has 6 heteroatoms. The third-order valence-electron chi connectivity index (χ3n) is 4.20. The molecule has 3 rings (SSSR count). The van der Waals surface area contributed by atoms with Crippen molar-refractivity contribution in [2.24, 2.45) is 0 Å². The van der Waals surface area contributed by atoms with Gasteiger partial charge in [-0.2, -0.15) is 0 Å². The van der Waals surface area contributed by atoms with E-state index in [0.29, 0.717) is 6.42 Å². The molecule has 2 aromatic rings. The lowest BCUT2D eigenvalue weighted by atomic mass is 10.1. The van der Waals surface area contributed by atoms with Crippen LogP contribution < -0.4 is 0 Å². The van der Waals surface area contributed by atoms with Gasteiger partial charge in [-0.15, -0.1) is 0 Å². The normalized spacial score (nSPS) is 18.0. The number of carbonyl (C=O) groups excluding carboxylic acids is 1. The summed E-state index contributed by atoms with van der Waals surface area (Å²) in [5, 5.41) is 3.92. The standard InChI is InChI=1S/C16H20N4O2/c1-10-8-17-9-14(18-10)15-5-4-6-20(15)16(21)7-13-11(2)19-22-12(13)3/h8-9,15H,4-7H2,1-3H3/t15-/m0/s1. The number of amides is 1. The van der Waals surface area contributed by atoms with Crippen LogP contribution >= 0.6 is 0 Å². The molecule has 0 aromatic carbocycles. The number of rotatable bonds is 3. The number of likely N-dealkylation sites (tertiary alicyclic amines) is 1. The number of hydrogen-bond acceptors (Lipinski definition) is 5. The van der Waals surface area contributed by atoms with E-state index in [2.05, 4.69) is 15.1 Å². The van der Waals surface area contributed by atoms with Crippen molar-refractivity contribution in [1.82, 2.24) is 20.0 Å². The molecule has 116 valence electrons. The number of aryl methyl sites for hydroxylation is 3. The first-order chi connectivity index (χ1) is 10.6. The second kappa shape index (κ2) is 5.87. The van der Waals surface area contributed by atoms with Crippen LogP contribution in [0, 0.1) is 20.8 Å². The Kier molecular flexibility index (Phi) is 3.92. The van der Waals surface area contributed by atoms with Crippen LogP contribution in [0.4, 0.5) is 0 Å². The highest BCUT2D eigenvalue weighted by Gasteiger charge is 2.31. The van der Waals surface area contributed by atoms with E-state index < -0.39 is 0 Å². The van der Waals surface area contributed by atoms with Gasteiger partial charge in [0.2, 0.25) is 5.91 Å². The van der Waals surface area contributed by atoms with Gasteiger partial charge in [0.15, 0.2) is 0 Å². The van der Waals surface area contributed by atoms with Crippen molar-refractivity contribution < 1.29 is 9.32 Å². The SMILES string of the molecule is Cc1cncc([C@@H]2CCCN2C(=O)Cc2c(C)noc2C)n1. The highest BCUT2D eigenvalue weighted by atomic mass is 16.5. The van der Waals surface area contributed by atoms with E-state index in [4.69, 9.17) is 4.52 Å². The molecule has 2 aromatic heterocycles. The van der Waals surface area contributed by atoms with Crippen molar-refractivity contribution in [3.63, 3.8) is 0 Å². The number of aromatic nitrogens is 3. The zero-order valence-electron chi connectivity index (χ0n) is 13.2. The molecule has 0 bridgehead atoms. The fourth-order valence-corrected chi connectivity index (χ4v) is 3.02. The lowest BCUT2D eigenvalue weighted by molar-refractivity contribution is -0.131. The Balaban J connectivity index is 1.80. The lowest BCUT2D eigenvalue weighted by Crippen LogP contribution is -2.32. The molecule has 0 aliphatic carbocycles. The van der Waals surface area contributed by atoms with Crippen LogP contribution in [0.5, 0.6) is 0 Å². The van der Waals surface area contributed by atoms with Gasteiger partial charge in [0.25, 0.3) is 0 Å². The van der Waals surface area contributed by atoms with E-state index in [-0.39, 0.29) is 11.9 Å². The molecule has 1 amide bonds. The molecule has 1 aliphatic rings. The zero-order chi connectivity index (χ0) is 15.7. The van der Waals surface area contributed by atoms with Crippen LogP contribution in [-0.4, -0.2) is 32.5 Å². The minimum Gasteiger partial charge on any atom is -0.361 e. The minimum absolute atomic E-state index is 0.0281. The highest BCUT2D eigenvalue weighted by Crippen LogP contribution is 2.31. The summed E-state index contributed by atoms with van der Waals surface area (Å²) in [5.41, 5.74) is 3.44. The summed E-state index contributed by atoms with van der Waals surface area (Å²) in [6.07, 6.45) is 5.75. The smallest absolute Gasteiger partial charge is 0.227 e. The van der Waals surface area contributed by atoms with Gasteiger partial charge in [0.05, 0.1) is 35.7 Å². The molecular weight excluding hydrogens is 280 g/mol. The molecule has 1 atom stereocenters. The van der Waals surface area contributed by atoms with Crippen LogP contribution in [0.15, 0.2) is 16.9 Å². The second-order valence-electron chi connectivity index (χ2n) is 5.81. The fraction of sp³-hybridized carbons (Fsp3) is 0.500. The molecule has 22 heavy (non-hydrogen) atoms. The molecule has 0 saturated carbocycles. The van der Waals surface area contributed by atoms with E-state index in [1.165, 1.54) is 0 Å². The van der Waals surface area contributed by atoms with Gasteiger partial charge in [-0.1, -0.05) is 5.16 Å². The van der Waals surface area contributed by atoms with Crippen LogP contribution in [-0.2, 0) is 11.2 Å².